The Morgan fingerprint density at radius 1 is 1.05 bits per heavy atom. The molecule has 5 nitrogen and oxygen atoms in total. The molecule has 5 heteroatoms. The van der Waals surface area contributed by atoms with E-state index < -0.39 is 0 Å². The smallest absolute Gasteiger partial charge is 0.233 e. The normalized spacial score (nSPS) is 10.2. The molecule has 1 aromatic carbocycles. The van der Waals surface area contributed by atoms with Gasteiger partial charge in [0.25, 0.3) is 0 Å². The molecule has 0 saturated heterocycles. The van der Waals surface area contributed by atoms with E-state index in [4.69, 9.17) is 4.42 Å². The number of anilines is 1. The lowest BCUT2D eigenvalue weighted by molar-refractivity contribution is -0.127. The zero-order valence-electron chi connectivity index (χ0n) is 12.1. The number of hydrogen-bond acceptors (Lipinski definition) is 3. The van der Waals surface area contributed by atoms with Crippen LogP contribution in [-0.4, -0.2) is 11.8 Å². The van der Waals surface area contributed by atoms with Crippen molar-refractivity contribution in [3.8, 4) is 0 Å². The Kier molecular flexibility index (Phi) is 4.77. The molecule has 0 spiro atoms. The summed E-state index contributed by atoms with van der Waals surface area (Å²) in [5.41, 5.74) is 2.71. The van der Waals surface area contributed by atoms with E-state index in [9.17, 15) is 9.59 Å². The van der Waals surface area contributed by atoms with Gasteiger partial charge in [-0.15, -0.1) is 0 Å². The van der Waals surface area contributed by atoms with Crippen LogP contribution in [0.25, 0.3) is 0 Å². The predicted molar refractivity (Wildman–Crippen MR) is 79.7 cm³/mol. The number of nitrogens with one attached hydrogen (secondary N) is 2. The Morgan fingerprint density at radius 2 is 1.76 bits per heavy atom. The molecule has 1 aromatic heterocycles. The lowest BCUT2D eigenvalue weighted by Crippen LogP contribution is -2.27. The molecule has 2 rings (SSSR count). The van der Waals surface area contributed by atoms with E-state index in [2.05, 4.69) is 10.6 Å². The maximum Gasteiger partial charge on any atom is 0.233 e. The zero-order chi connectivity index (χ0) is 15.2. The summed E-state index contributed by atoms with van der Waals surface area (Å²) in [6.45, 7) is 4.11. The number of carbonyl (C=O) groups is 2. The van der Waals surface area contributed by atoms with Crippen molar-refractivity contribution < 1.29 is 14.0 Å². The summed E-state index contributed by atoms with van der Waals surface area (Å²) in [7, 11) is 0. The van der Waals surface area contributed by atoms with Gasteiger partial charge in [0, 0.05) is 5.69 Å². The van der Waals surface area contributed by atoms with Gasteiger partial charge in [-0.1, -0.05) is 18.2 Å². The van der Waals surface area contributed by atoms with Gasteiger partial charge in [-0.05, 0) is 37.1 Å². The highest BCUT2D eigenvalue weighted by Gasteiger charge is 2.12. The summed E-state index contributed by atoms with van der Waals surface area (Å²) >= 11 is 0. The van der Waals surface area contributed by atoms with Gasteiger partial charge in [-0.3, -0.25) is 9.59 Å². The highest BCUT2D eigenvalue weighted by atomic mass is 16.3. The first-order chi connectivity index (χ1) is 10.1. The van der Waals surface area contributed by atoms with Crippen molar-refractivity contribution in [1.29, 1.82) is 0 Å². The van der Waals surface area contributed by atoms with Crippen LogP contribution in [0, 0.1) is 13.8 Å². The Hall–Kier alpha value is -2.56. The number of para-hydroxylation sites is 1. The molecule has 0 radical (unpaired) electrons. The highest BCUT2D eigenvalue weighted by Crippen LogP contribution is 2.19. The van der Waals surface area contributed by atoms with Crippen LogP contribution in [-0.2, 0) is 16.1 Å². The van der Waals surface area contributed by atoms with Gasteiger partial charge in [0.15, 0.2) is 0 Å². The summed E-state index contributed by atoms with van der Waals surface area (Å²) < 4.78 is 5.10. The summed E-state index contributed by atoms with van der Waals surface area (Å²) in [6.07, 6.45) is 1.32. The van der Waals surface area contributed by atoms with E-state index in [1.807, 2.05) is 32.0 Å². The van der Waals surface area contributed by atoms with E-state index in [-0.39, 0.29) is 24.8 Å². The van der Waals surface area contributed by atoms with Crippen LogP contribution in [0.5, 0.6) is 0 Å². The summed E-state index contributed by atoms with van der Waals surface area (Å²) in [5, 5.41) is 5.42. The van der Waals surface area contributed by atoms with Gasteiger partial charge in [-0.2, -0.15) is 0 Å². The zero-order valence-corrected chi connectivity index (χ0v) is 12.1. The molecule has 0 aliphatic rings. The van der Waals surface area contributed by atoms with Gasteiger partial charge >= 0.3 is 0 Å². The second kappa shape index (κ2) is 6.74. The first-order valence-electron chi connectivity index (χ1n) is 6.71. The summed E-state index contributed by atoms with van der Waals surface area (Å²) in [6, 6.07) is 9.27. The van der Waals surface area contributed by atoms with Crippen LogP contribution in [0.15, 0.2) is 41.0 Å². The number of aryl methyl sites for hydroxylation is 2. The molecule has 0 saturated carbocycles. The third-order valence-corrected chi connectivity index (χ3v) is 3.11. The fourth-order valence-electron chi connectivity index (χ4n) is 2.00. The van der Waals surface area contributed by atoms with Crippen molar-refractivity contribution in [3.63, 3.8) is 0 Å². The van der Waals surface area contributed by atoms with Crippen LogP contribution in [0.1, 0.15) is 23.3 Å². The molecule has 0 aliphatic heterocycles. The summed E-state index contributed by atoms with van der Waals surface area (Å²) in [5.74, 6) is -0.0158. The fourth-order valence-corrected chi connectivity index (χ4v) is 2.00. The quantitative estimate of drug-likeness (QED) is 0.830. The van der Waals surface area contributed by atoms with Crippen molar-refractivity contribution in [2.24, 2.45) is 0 Å². The molecule has 0 unspecified atom stereocenters. The third-order valence-electron chi connectivity index (χ3n) is 3.11. The maximum atomic E-state index is 11.9. The standard InChI is InChI=1S/C16H18N2O3/c1-11-5-3-6-12(2)16(11)18-15(20)9-14(19)17-10-13-7-4-8-21-13/h3-8H,9-10H2,1-2H3,(H,17,19)(H,18,20). The molecule has 2 amide bonds. The third kappa shape index (κ3) is 4.21. The lowest BCUT2D eigenvalue weighted by Gasteiger charge is -2.11. The Balaban J connectivity index is 1.85. The molecule has 0 aliphatic carbocycles. The Morgan fingerprint density at radius 3 is 2.38 bits per heavy atom. The van der Waals surface area contributed by atoms with E-state index in [0.717, 1.165) is 16.8 Å². The molecular formula is C16H18N2O3. The minimum atomic E-state index is -0.338. The first-order valence-corrected chi connectivity index (χ1v) is 6.71. The second-order valence-electron chi connectivity index (χ2n) is 4.85. The topological polar surface area (TPSA) is 71.3 Å². The average molecular weight is 286 g/mol. The van der Waals surface area contributed by atoms with E-state index in [1.54, 1.807) is 12.1 Å². The Bertz CT molecular complexity index is 613. The number of amides is 2. The van der Waals surface area contributed by atoms with Crippen molar-refractivity contribution in [2.45, 2.75) is 26.8 Å². The maximum absolute atomic E-state index is 11.9. The fraction of sp³-hybridized carbons (Fsp3) is 0.250. The Labute approximate surface area is 123 Å². The largest absolute Gasteiger partial charge is 0.467 e. The van der Waals surface area contributed by atoms with Gasteiger partial charge in [0.1, 0.15) is 12.2 Å². The van der Waals surface area contributed by atoms with Gasteiger partial charge in [0.05, 0.1) is 12.8 Å². The van der Waals surface area contributed by atoms with E-state index in [1.165, 1.54) is 6.26 Å². The second-order valence-corrected chi connectivity index (χ2v) is 4.85. The summed E-state index contributed by atoms with van der Waals surface area (Å²) in [4.78, 5) is 23.6. The number of furan rings is 1. The molecule has 2 aromatic rings. The number of carbonyl (C=O) groups excluding carboxylic acids is 2. The van der Waals surface area contributed by atoms with E-state index >= 15 is 0 Å². The van der Waals surface area contributed by atoms with Crippen LogP contribution in [0.3, 0.4) is 0 Å². The van der Waals surface area contributed by atoms with E-state index in [0.29, 0.717) is 5.76 Å². The minimum Gasteiger partial charge on any atom is -0.467 e. The van der Waals surface area contributed by atoms with Crippen molar-refractivity contribution in [3.05, 3.63) is 53.5 Å². The lowest BCUT2D eigenvalue weighted by atomic mass is 10.1. The highest BCUT2D eigenvalue weighted by molar-refractivity contribution is 6.04. The number of rotatable bonds is 5. The molecule has 0 atom stereocenters. The van der Waals surface area contributed by atoms with Crippen molar-refractivity contribution in [2.75, 3.05) is 5.32 Å². The minimum absolute atomic E-state index is 0.214. The molecular weight excluding hydrogens is 268 g/mol. The molecule has 110 valence electrons. The predicted octanol–water partition coefficient (Wildman–Crippen LogP) is 2.54. The first kappa shape index (κ1) is 14.8. The van der Waals surface area contributed by atoms with Crippen LogP contribution < -0.4 is 10.6 Å². The van der Waals surface area contributed by atoms with Crippen molar-refractivity contribution >= 4 is 17.5 Å². The SMILES string of the molecule is Cc1cccc(C)c1NC(=O)CC(=O)NCc1ccco1. The van der Waals surface area contributed by atoms with Gasteiger partial charge in [0.2, 0.25) is 11.8 Å². The van der Waals surface area contributed by atoms with Crippen LogP contribution in [0.2, 0.25) is 0 Å². The molecule has 21 heavy (non-hydrogen) atoms. The monoisotopic (exact) mass is 286 g/mol. The molecule has 0 fully saturated rings. The molecule has 0 bridgehead atoms. The average Bonchev–Trinajstić information content (AvgIpc) is 2.94. The van der Waals surface area contributed by atoms with Crippen LogP contribution >= 0.6 is 0 Å². The molecule has 1 heterocycles. The van der Waals surface area contributed by atoms with Crippen LogP contribution in [0.4, 0.5) is 5.69 Å². The van der Waals surface area contributed by atoms with Gasteiger partial charge in [-0.25, -0.2) is 0 Å². The van der Waals surface area contributed by atoms with Gasteiger partial charge < -0.3 is 15.1 Å². The number of benzene rings is 1. The van der Waals surface area contributed by atoms with Crippen molar-refractivity contribution in [1.82, 2.24) is 5.32 Å². The molecule has 2 N–H and O–H groups in total. The number of hydrogen-bond donors (Lipinski definition) is 2.